The van der Waals surface area contributed by atoms with Crippen molar-refractivity contribution in [1.29, 1.82) is 0 Å². The number of esters is 1. The van der Waals surface area contributed by atoms with E-state index in [0.29, 0.717) is 30.3 Å². The molecule has 2 N–H and O–H groups in total. The number of hydrogen-bond acceptors (Lipinski definition) is 4. The van der Waals surface area contributed by atoms with Crippen molar-refractivity contribution in [2.45, 2.75) is 32.2 Å². The van der Waals surface area contributed by atoms with Crippen LogP contribution in [0.4, 0.5) is 0 Å². The van der Waals surface area contributed by atoms with Gasteiger partial charge in [0.2, 0.25) is 0 Å². The fourth-order valence-electron chi connectivity index (χ4n) is 2.17. The molecule has 0 saturated heterocycles. The highest BCUT2D eigenvalue weighted by molar-refractivity contribution is 5.89. The zero-order valence-electron chi connectivity index (χ0n) is 9.89. The van der Waals surface area contributed by atoms with Crippen LogP contribution in [0.1, 0.15) is 41.7 Å². The van der Waals surface area contributed by atoms with E-state index in [0.717, 1.165) is 0 Å². The van der Waals surface area contributed by atoms with Gasteiger partial charge in [0.05, 0.1) is 17.9 Å². The van der Waals surface area contributed by atoms with Crippen LogP contribution in [0.25, 0.3) is 0 Å². The summed E-state index contributed by atoms with van der Waals surface area (Å²) < 4.78 is 5.30. The van der Waals surface area contributed by atoms with Crippen LogP contribution in [-0.4, -0.2) is 17.6 Å². The van der Waals surface area contributed by atoms with Gasteiger partial charge in [0.1, 0.15) is 0 Å². The first-order valence-corrected chi connectivity index (χ1v) is 6.11. The minimum atomic E-state index is -0.269. The van der Waals surface area contributed by atoms with E-state index in [-0.39, 0.29) is 5.97 Å². The number of aromatic nitrogens is 1. The Morgan fingerprint density at radius 2 is 2.24 bits per heavy atom. The second-order valence-corrected chi connectivity index (χ2v) is 4.49. The third-order valence-electron chi connectivity index (χ3n) is 3.19. The maximum atomic E-state index is 11.8. The van der Waals surface area contributed by atoms with Crippen molar-refractivity contribution in [3.8, 4) is 0 Å². The average Bonchev–Trinajstić information content (AvgIpc) is 2.89. The predicted molar refractivity (Wildman–Crippen MR) is 64.4 cm³/mol. The molecule has 0 atom stereocenters. The maximum Gasteiger partial charge on any atom is 0.338 e. The number of carbonyl (C=O) groups excluding carboxylic acids is 1. The molecule has 2 rings (SSSR count). The van der Waals surface area contributed by atoms with Crippen molar-refractivity contribution in [1.82, 2.24) is 4.98 Å². The fraction of sp³-hybridized carbons (Fsp3) is 0.538. The first-order chi connectivity index (χ1) is 8.29. The molecule has 0 unspecified atom stereocenters. The van der Waals surface area contributed by atoms with E-state index in [1.165, 1.54) is 25.7 Å². The van der Waals surface area contributed by atoms with Crippen LogP contribution < -0.4 is 5.73 Å². The van der Waals surface area contributed by atoms with Gasteiger partial charge in [-0.3, -0.25) is 4.98 Å². The summed E-state index contributed by atoms with van der Waals surface area (Å²) in [6.45, 7) is 0.878. The molecule has 1 aliphatic rings. The molecular formula is C13H18N2O2. The Labute approximate surface area is 101 Å². The molecule has 92 valence electrons. The molecule has 1 fully saturated rings. The monoisotopic (exact) mass is 234 g/mol. The van der Waals surface area contributed by atoms with E-state index in [1.54, 1.807) is 18.3 Å². The summed E-state index contributed by atoms with van der Waals surface area (Å²) in [5.74, 6) is 0.281. The van der Waals surface area contributed by atoms with Crippen molar-refractivity contribution in [3.63, 3.8) is 0 Å². The Morgan fingerprint density at radius 1 is 1.47 bits per heavy atom. The van der Waals surface area contributed by atoms with Gasteiger partial charge in [-0.1, -0.05) is 12.8 Å². The number of nitrogens with two attached hydrogens (primary N) is 1. The lowest BCUT2D eigenvalue weighted by Gasteiger charge is -2.10. The van der Waals surface area contributed by atoms with Crippen LogP contribution in [-0.2, 0) is 11.3 Å². The standard InChI is InChI=1S/C13H18N2O2/c14-8-12-7-11(5-6-15-12)13(16)17-9-10-3-1-2-4-10/h5-7,10H,1-4,8-9,14H2. The molecule has 1 aromatic heterocycles. The summed E-state index contributed by atoms with van der Waals surface area (Å²) in [6.07, 6.45) is 6.47. The quantitative estimate of drug-likeness (QED) is 0.808. The number of carbonyl (C=O) groups is 1. The summed E-state index contributed by atoms with van der Waals surface area (Å²) >= 11 is 0. The molecule has 0 radical (unpaired) electrons. The molecule has 0 aromatic carbocycles. The SMILES string of the molecule is NCc1cc(C(=O)OCC2CCCC2)ccn1. The van der Waals surface area contributed by atoms with E-state index < -0.39 is 0 Å². The molecule has 1 aromatic rings. The first-order valence-electron chi connectivity index (χ1n) is 6.11. The van der Waals surface area contributed by atoms with Gasteiger partial charge in [0.25, 0.3) is 0 Å². The van der Waals surface area contributed by atoms with Gasteiger partial charge in [0, 0.05) is 12.7 Å². The molecular weight excluding hydrogens is 216 g/mol. The van der Waals surface area contributed by atoms with Crippen LogP contribution in [0.3, 0.4) is 0 Å². The largest absolute Gasteiger partial charge is 0.462 e. The van der Waals surface area contributed by atoms with Crippen LogP contribution in [0.5, 0.6) is 0 Å². The Morgan fingerprint density at radius 3 is 2.94 bits per heavy atom. The molecule has 0 spiro atoms. The van der Waals surface area contributed by atoms with Gasteiger partial charge >= 0.3 is 5.97 Å². The summed E-state index contributed by atoms with van der Waals surface area (Å²) in [4.78, 5) is 15.8. The second-order valence-electron chi connectivity index (χ2n) is 4.49. The lowest BCUT2D eigenvalue weighted by Crippen LogP contribution is -2.13. The zero-order chi connectivity index (χ0) is 12.1. The highest BCUT2D eigenvalue weighted by atomic mass is 16.5. The lowest BCUT2D eigenvalue weighted by atomic mass is 10.1. The van der Waals surface area contributed by atoms with Crippen LogP contribution in [0.15, 0.2) is 18.3 Å². The molecule has 4 nitrogen and oxygen atoms in total. The number of ether oxygens (including phenoxy) is 1. The molecule has 17 heavy (non-hydrogen) atoms. The molecule has 4 heteroatoms. The van der Waals surface area contributed by atoms with Gasteiger partial charge in [-0.15, -0.1) is 0 Å². The lowest BCUT2D eigenvalue weighted by molar-refractivity contribution is 0.0442. The normalized spacial score (nSPS) is 16.1. The summed E-state index contributed by atoms with van der Waals surface area (Å²) in [5.41, 5.74) is 6.73. The molecule has 1 aliphatic carbocycles. The Balaban J connectivity index is 1.89. The van der Waals surface area contributed by atoms with E-state index in [9.17, 15) is 4.79 Å². The Hall–Kier alpha value is -1.42. The van der Waals surface area contributed by atoms with Gasteiger partial charge in [-0.25, -0.2) is 4.79 Å². The van der Waals surface area contributed by atoms with E-state index in [2.05, 4.69) is 4.98 Å². The Kier molecular flexibility index (Phi) is 4.09. The average molecular weight is 234 g/mol. The molecule has 1 heterocycles. The van der Waals surface area contributed by atoms with Crippen LogP contribution in [0, 0.1) is 5.92 Å². The zero-order valence-corrected chi connectivity index (χ0v) is 9.89. The van der Waals surface area contributed by atoms with E-state index in [1.807, 2.05) is 0 Å². The van der Waals surface area contributed by atoms with E-state index in [4.69, 9.17) is 10.5 Å². The molecule has 0 bridgehead atoms. The van der Waals surface area contributed by atoms with E-state index >= 15 is 0 Å². The van der Waals surface area contributed by atoms with Gasteiger partial charge in [0.15, 0.2) is 0 Å². The smallest absolute Gasteiger partial charge is 0.338 e. The number of hydrogen-bond donors (Lipinski definition) is 1. The van der Waals surface area contributed by atoms with Crippen molar-refractivity contribution < 1.29 is 9.53 Å². The van der Waals surface area contributed by atoms with Gasteiger partial charge < -0.3 is 10.5 Å². The third kappa shape index (κ3) is 3.27. The number of nitrogens with zero attached hydrogens (tertiary/aromatic N) is 1. The highest BCUT2D eigenvalue weighted by Gasteiger charge is 2.17. The molecule has 0 aliphatic heterocycles. The topological polar surface area (TPSA) is 65.2 Å². The van der Waals surface area contributed by atoms with Gasteiger partial charge in [-0.2, -0.15) is 0 Å². The van der Waals surface area contributed by atoms with Crippen LogP contribution in [0.2, 0.25) is 0 Å². The number of rotatable bonds is 4. The molecule has 0 amide bonds. The first kappa shape index (κ1) is 12.0. The predicted octanol–water partition coefficient (Wildman–Crippen LogP) is 1.89. The maximum absolute atomic E-state index is 11.8. The van der Waals surface area contributed by atoms with Gasteiger partial charge in [-0.05, 0) is 30.9 Å². The molecule has 1 saturated carbocycles. The second kappa shape index (κ2) is 5.77. The van der Waals surface area contributed by atoms with Crippen LogP contribution >= 0.6 is 0 Å². The van der Waals surface area contributed by atoms with Crippen molar-refractivity contribution in [2.75, 3.05) is 6.61 Å². The summed E-state index contributed by atoms with van der Waals surface area (Å²) in [7, 11) is 0. The minimum absolute atomic E-state index is 0.269. The fourth-order valence-corrected chi connectivity index (χ4v) is 2.17. The van der Waals surface area contributed by atoms with Crippen molar-refractivity contribution >= 4 is 5.97 Å². The Bertz CT molecular complexity index is 387. The summed E-state index contributed by atoms with van der Waals surface area (Å²) in [6, 6.07) is 3.35. The summed E-state index contributed by atoms with van der Waals surface area (Å²) in [5, 5.41) is 0. The van der Waals surface area contributed by atoms with Crippen molar-refractivity contribution in [3.05, 3.63) is 29.6 Å². The number of pyridine rings is 1. The third-order valence-corrected chi connectivity index (χ3v) is 3.19. The minimum Gasteiger partial charge on any atom is -0.462 e. The highest BCUT2D eigenvalue weighted by Crippen LogP contribution is 2.24. The van der Waals surface area contributed by atoms with Crippen molar-refractivity contribution in [2.24, 2.45) is 11.7 Å².